The topological polar surface area (TPSA) is 83.1 Å². The van der Waals surface area contributed by atoms with Crippen LogP contribution >= 0.6 is 0 Å². The minimum Gasteiger partial charge on any atom is -0.368 e. The first-order chi connectivity index (χ1) is 14.2. The zero-order valence-corrected chi connectivity index (χ0v) is 16.8. The number of carbonyl (C=O) groups excluding carboxylic acids is 2. The Hall–Kier alpha value is -3.10. The van der Waals surface area contributed by atoms with E-state index >= 15 is 0 Å². The number of carbonyl (C=O) groups is 2. The van der Waals surface area contributed by atoms with Gasteiger partial charge in [-0.25, -0.2) is 4.98 Å². The molecule has 0 aliphatic carbocycles. The SMILES string of the molecule is CC(C)CC(=O)NC(C(=O)NCCNc1ccc(C(F)(F)F)cn1)c1ccccc1. The number of hydrogen-bond acceptors (Lipinski definition) is 4. The van der Waals surface area contributed by atoms with Crippen LogP contribution in [0.2, 0.25) is 0 Å². The summed E-state index contributed by atoms with van der Waals surface area (Å²) >= 11 is 0. The monoisotopic (exact) mass is 422 g/mol. The van der Waals surface area contributed by atoms with Crippen LogP contribution in [-0.2, 0) is 15.8 Å². The Kier molecular flexibility index (Phi) is 8.20. The minimum atomic E-state index is -4.44. The molecule has 2 amide bonds. The molecule has 162 valence electrons. The highest BCUT2D eigenvalue weighted by molar-refractivity contribution is 5.88. The van der Waals surface area contributed by atoms with Gasteiger partial charge in [-0.2, -0.15) is 13.2 Å². The first-order valence-electron chi connectivity index (χ1n) is 9.56. The van der Waals surface area contributed by atoms with E-state index in [2.05, 4.69) is 20.9 Å². The highest BCUT2D eigenvalue weighted by Gasteiger charge is 2.30. The van der Waals surface area contributed by atoms with Crippen LogP contribution in [0.3, 0.4) is 0 Å². The molecule has 1 unspecified atom stereocenters. The largest absolute Gasteiger partial charge is 0.417 e. The second-order valence-corrected chi connectivity index (χ2v) is 7.16. The van der Waals surface area contributed by atoms with Gasteiger partial charge in [-0.1, -0.05) is 44.2 Å². The minimum absolute atomic E-state index is 0.157. The van der Waals surface area contributed by atoms with Gasteiger partial charge in [0.05, 0.1) is 5.56 Å². The molecule has 30 heavy (non-hydrogen) atoms. The van der Waals surface area contributed by atoms with Gasteiger partial charge in [-0.05, 0) is 23.6 Å². The van der Waals surface area contributed by atoms with Crippen molar-refractivity contribution in [2.75, 3.05) is 18.4 Å². The van der Waals surface area contributed by atoms with Crippen molar-refractivity contribution in [3.8, 4) is 0 Å². The molecule has 1 aromatic heterocycles. The van der Waals surface area contributed by atoms with E-state index in [9.17, 15) is 22.8 Å². The Balaban J connectivity index is 1.90. The molecule has 2 aromatic rings. The molecule has 6 nitrogen and oxygen atoms in total. The van der Waals surface area contributed by atoms with Crippen molar-refractivity contribution in [1.29, 1.82) is 0 Å². The number of halogens is 3. The summed E-state index contributed by atoms with van der Waals surface area (Å²) in [5.41, 5.74) is -0.173. The van der Waals surface area contributed by atoms with Gasteiger partial charge in [0.1, 0.15) is 11.9 Å². The first kappa shape index (κ1) is 23.2. The fourth-order valence-corrected chi connectivity index (χ4v) is 2.68. The van der Waals surface area contributed by atoms with Crippen molar-refractivity contribution in [2.24, 2.45) is 5.92 Å². The summed E-state index contributed by atoms with van der Waals surface area (Å²) in [7, 11) is 0. The Morgan fingerprint density at radius 1 is 1.03 bits per heavy atom. The second kappa shape index (κ2) is 10.6. The van der Waals surface area contributed by atoms with Gasteiger partial charge in [-0.15, -0.1) is 0 Å². The Labute approximate surface area is 173 Å². The normalized spacial score (nSPS) is 12.3. The van der Waals surface area contributed by atoms with Crippen LogP contribution in [0.5, 0.6) is 0 Å². The zero-order chi connectivity index (χ0) is 22.1. The molecule has 0 aliphatic heterocycles. The van der Waals surface area contributed by atoms with Gasteiger partial charge in [0, 0.05) is 25.7 Å². The van der Waals surface area contributed by atoms with E-state index in [0.717, 1.165) is 12.3 Å². The van der Waals surface area contributed by atoms with Crippen molar-refractivity contribution in [2.45, 2.75) is 32.5 Å². The van der Waals surface area contributed by atoms with Crippen molar-refractivity contribution in [1.82, 2.24) is 15.6 Å². The number of benzene rings is 1. The van der Waals surface area contributed by atoms with E-state index in [4.69, 9.17) is 0 Å². The van der Waals surface area contributed by atoms with Crippen LogP contribution < -0.4 is 16.0 Å². The molecule has 0 radical (unpaired) electrons. The summed E-state index contributed by atoms with van der Waals surface area (Å²) in [6, 6.07) is 10.2. The Morgan fingerprint density at radius 2 is 1.73 bits per heavy atom. The summed E-state index contributed by atoms with van der Waals surface area (Å²) < 4.78 is 37.7. The maximum Gasteiger partial charge on any atom is 0.417 e. The van der Waals surface area contributed by atoms with Crippen LogP contribution in [0.15, 0.2) is 48.7 Å². The molecule has 0 saturated heterocycles. The third-order valence-electron chi connectivity index (χ3n) is 4.12. The van der Waals surface area contributed by atoms with Crippen molar-refractivity contribution < 1.29 is 22.8 Å². The first-order valence-corrected chi connectivity index (χ1v) is 9.56. The molecule has 0 saturated carbocycles. The van der Waals surface area contributed by atoms with E-state index in [1.54, 1.807) is 24.3 Å². The molecule has 0 bridgehead atoms. The van der Waals surface area contributed by atoms with E-state index < -0.39 is 17.8 Å². The number of rotatable bonds is 9. The molecule has 0 fully saturated rings. The average molecular weight is 422 g/mol. The van der Waals surface area contributed by atoms with Crippen molar-refractivity contribution >= 4 is 17.6 Å². The maximum atomic E-state index is 12.6. The molecule has 9 heteroatoms. The average Bonchev–Trinajstić information content (AvgIpc) is 2.69. The number of alkyl halides is 3. The lowest BCUT2D eigenvalue weighted by Crippen LogP contribution is -2.42. The van der Waals surface area contributed by atoms with Gasteiger partial charge < -0.3 is 16.0 Å². The van der Waals surface area contributed by atoms with E-state index in [0.29, 0.717) is 12.0 Å². The lowest BCUT2D eigenvalue weighted by Gasteiger charge is -2.19. The highest BCUT2D eigenvalue weighted by atomic mass is 19.4. The lowest BCUT2D eigenvalue weighted by atomic mass is 10.0. The van der Waals surface area contributed by atoms with E-state index in [1.165, 1.54) is 6.07 Å². The number of amides is 2. The van der Waals surface area contributed by atoms with Gasteiger partial charge in [-0.3, -0.25) is 9.59 Å². The molecular weight excluding hydrogens is 397 g/mol. The number of anilines is 1. The van der Waals surface area contributed by atoms with E-state index in [-0.39, 0.29) is 36.6 Å². The predicted molar refractivity (Wildman–Crippen MR) is 108 cm³/mol. The number of aromatic nitrogens is 1. The van der Waals surface area contributed by atoms with Crippen molar-refractivity contribution in [3.63, 3.8) is 0 Å². The fourth-order valence-electron chi connectivity index (χ4n) is 2.68. The second-order valence-electron chi connectivity index (χ2n) is 7.16. The molecule has 0 spiro atoms. The smallest absolute Gasteiger partial charge is 0.368 e. The number of hydrogen-bond donors (Lipinski definition) is 3. The Bertz CT molecular complexity index is 824. The van der Waals surface area contributed by atoms with Gasteiger partial charge >= 0.3 is 6.18 Å². The Morgan fingerprint density at radius 3 is 2.30 bits per heavy atom. The predicted octanol–water partition coefficient (Wildman–Crippen LogP) is 3.53. The van der Waals surface area contributed by atoms with Gasteiger partial charge in [0.2, 0.25) is 11.8 Å². The van der Waals surface area contributed by atoms with Crippen LogP contribution in [0, 0.1) is 5.92 Å². The lowest BCUT2D eigenvalue weighted by molar-refractivity contribution is -0.137. The molecule has 1 atom stereocenters. The molecule has 3 N–H and O–H groups in total. The third-order valence-corrected chi connectivity index (χ3v) is 4.12. The molecule has 1 heterocycles. The summed E-state index contributed by atoms with van der Waals surface area (Å²) in [4.78, 5) is 28.5. The van der Waals surface area contributed by atoms with Crippen LogP contribution in [0.25, 0.3) is 0 Å². The van der Waals surface area contributed by atoms with E-state index in [1.807, 2.05) is 19.9 Å². The molecule has 1 aromatic carbocycles. The molecule has 2 rings (SSSR count). The van der Waals surface area contributed by atoms with Crippen LogP contribution in [-0.4, -0.2) is 29.9 Å². The quantitative estimate of drug-likeness (QED) is 0.540. The molecular formula is C21H25F3N4O2. The third kappa shape index (κ3) is 7.38. The summed E-state index contributed by atoms with van der Waals surface area (Å²) in [5.74, 6) is -0.173. The fraction of sp³-hybridized carbons (Fsp3) is 0.381. The highest BCUT2D eigenvalue weighted by Crippen LogP contribution is 2.28. The van der Waals surface area contributed by atoms with Gasteiger partial charge in [0.15, 0.2) is 0 Å². The molecule has 0 aliphatic rings. The number of nitrogens with one attached hydrogen (secondary N) is 3. The van der Waals surface area contributed by atoms with Crippen LogP contribution in [0.1, 0.15) is 37.4 Å². The summed E-state index contributed by atoms with van der Waals surface area (Å²) in [5, 5.41) is 8.32. The van der Waals surface area contributed by atoms with Gasteiger partial charge in [0.25, 0.3) is 0 Å². The van der Waals surface area contributed by atoms with Crippen molar-refractivity contribution in [3.05, 3.63) is 59.8 Å². The summed E-state index contributed by atoms with van der Waals surface area (Å²) in [6.07, 6.45) is -3.39. The maximum absolute atomic E-state index is 12.6. The number of nitrogens with zero attached hydrogens (tertiary/aromatic N) is 1. The summed E-state index contributed by atoms with van der Waals surface area (Å²) in [6.45, 7) is 4.28. The standard InChI is InChI=1S/C21H25F3N4O2/c1-14(2)12-18(29)28-19(15-6-4-3-5-7-15)20(30)26-11-10-25-17-9-8-16(13-27-17)21(22,23)24/h3-9,13-14,19H,10-12H2,1-2H3,(H,25,27)(H,26,30)(H,28,29). The zero-order valence-electron chi connectivity index (χ0n) is 16.8. The van der Waals surface area contributed by atoms with Crippen LogP contribution in [0.4, 0.5) is 19.0 Å². The number of pyridine rings is 1.